The summed E-state index contributed by atoms with van der Waals surface area (Å²) in [5.41, 5.74) is 0.358. The molecule has 0 fully saturated rings. The molecule has 2 rings (SSSR count). The zero-order valence-electron chi connectivity index (χ0n) is 11.7. The fourth-order valence-electron chi connectivity index (χ4n) is 1.67. The zero-order valence-corrected chi connectivity index (χ0v) is 13.3. The normalized spacial score (nSPS) is 11.8. The van der Waals surface area contributed by atoms with Gasteiger partial charge in [-0.3, -0.25) is 0 Å². The van der Waals surface area contributed by atoms with Gasteiger partial charge in [0.15, 0.2) is 0 Å². The Hall–Kier alpha value is -1.27. The van der Waals surface area contributed by atoms with Crippen molar-refractivity contribution in [1.82, 2.24) is 15.5 Å². The summed E-state index contributed by atoms with van der Waals surface area (Å²) in [5, 5.41) is 11.2. The first-order valence-electron chi connectivity index (χ1n) is 6.38. The molecule has 108 valence electrons. The molecule has 4 nitrogen and oxygen atoms in total. The van der Waals surface area contributed by atoms with E-state index in [9.17, 15) is 4.39 Å². The van der Waals surface area contributed by atoms with E-state index < -0.39 is 0 Å². The average Bonchev–Trinajstić information content (AvgIpc) is 2.75. The topological polar surface area (TPSA) is 51.0 Å². The summed E-state index contributed by atoms with van der Waals surface area (Å²) in [5.74, 6) is 0.321. The second kappa shape index (κ2) is 6.01. The van der Waals surface area contributed by atoms with Gasteiger partial charge in [0.25, 0.3) is 5.89 Å². The second-order valence-electron chi connectivity index (χ2n) is 5.55. The maximum Gasteiger partial charge on any atom is 0.250 e. The highest BCUT2D eigenvalue weighted by molar-refractivity contribution is 9.10. The van der Waals surface area contributed by atoms with Crippen molar-refractivity contribution < 1.29 is 8.81 Å². The van der Waals surface area contributed by atoms with E-state index in [4.69, 9.17) is 4.42 Å². The van der Waals surface area contributed by atoms with Crippen LogP contribution in [0.5, 0.6) is 0 Å². The lowest BCUT2D eigenvalue weighted by atomic mass is 10.1. The van der Waals surface area contributed by atoms with Crippen LogP contribution in [0.25, 0.3) is 11.5 Å². The van der Waals surface area contributed by atoms with E-state index in [2.05, 4.69) is 52.2 Å². The summed E-state index contributed by atoms with van der Waals surface area (Å²) in [6.45, 7) is 6.99. The molecule has 0 radical (unpaired) electrons. The molecule has 6 heteroatoms. The molecule has 0 unspecified atom stereocenters. The van der Waals surface area contributed by atoms with Crippen LogP contribution in [0.15, 0.2) is 27.1 Å². The van der Waals surface area contributed by atoms with E-state index in [1.54, 1.807) is 12.1 Å². The van der Waals surface area contributed by atoms with Gasteiger partial charge < -0.3 is 9.73 Å². The van der Waals surface area contributed by atoms with Crippen LogP contribution >= 0.6 is 15.9 Å². The van der Waals surface area contributed by atoms with Crippen LogP contribution in [0.4, 0.5) is 4.39 Å². The molecule has 1 N–H and O–H groups in total. The molecule has 20 heavy (non-hydrogen) atoms. The number of aromatic nitrogens is 2. The minimum Gasteiger partial charge on any atom is -0.421 e. The molecule has 0 atom stereocenters. The number of rotatable bonds is 4. The highest BCUT2D eigenvalue weighted by Crippen LogP contribution is 2.24. The lowest BCUT2D eigenvalue weighted by Gasteiger charge is -2.19. The summed E-state index contributed by atoms with van der Waals surface area (Å²) < 4.78 is 19.9. The fourth-order valence-corrected chi connectivity index (χ4v) is 2.00. The van der Waals surface area contributed by atoms with Gasteiger partial charge in [0.2, 0.25) is 5.89 Å². The van der Waals surface area contributed by atoms with Gasteiger partial charge in [0, 0.05) is 23.0 Å². The molecular formula is C14H17BrFN3O. The monoisotopic (exact) mass is 341 g/mol. The molecule has 2 aromatic rings. The summed E-state index contributed by atoms with van der Waals surface area (Å²) in [7, 11) is 0. The molecule has 0 bridgehead atoms. The maximum atomic E-state index is 13.8. The molecule has 0 saturated heterocycles. The predicted molar refractivity (Wildman–Crippen MR) is 78.9 cm³/mol. The standard InChI is InChI=1S/C14H17BrFN3O/c1-14(2,3)17-7-6-12-18-19-13(20-12)10-5-4-9(15)8-11(10)16/h4-5,8,17H,6-7H2,1-3H3. The van der Waals surface area contributed by atoms with E-state index in [1.165, 1.54) is 6.07 Å². The summed E-state index contributed by atoms with van der Waals surface area (Å²) in [4.78, 5) is 0. The number of nitrogens with zero attached hydrogens (tertiary/aromatic N) is 2. The smallest absolute Gasteiger partial charge is 0.250 e. The quantitative estimate of drug-likeness (QED) is 0.923. The third-order valence-corrected chi connectivity index (χ3v) is 3.12. The maximum absolute atomic E-state index is 13.8. The minimum atomic E-state index is -0.387. The first-order valence-corrected chi connectivity index (χ1v) is 7.17. The molecular weight excluding hydrogens is 325 g/mol. The van der Waals surface area contributed by atoms with Gasteiger partial charge in [0.1, 0.15) is 5.82 Å². The molecule has 1 aromatic heterocycles. The second-order valence-corrected chi connectivity index (χ2v) is 6.47. The van der Waals surface area contributed by atoms with Crippen molar-refractivity contribution in [2.75, 3.05) is 6.54 Å². The molecule has 0 saturated carbocycles. The van der Waals surface area contributed by atoms with Crippen molar-refractivity contribution in [3.8, 4) is 11.5 Å². The van der Waals surface area contributed by atoms with Crippen molar-refractivity contribution in [1.29, 1.82) is 0 Å². The average molecular weight is 342 g/mol. The van der Waals surface area contributed by atoms with Crippen LogP contribution in [0.2, 0.25) is 0 Å². The van der Waals surface area contributed by atoms with Gasteiger partial charge in [-0.1, -0.05) is 15.9 Å². The first-order chi connectivity index (χ1) is 9.35. The number of halogens is 2. The Morgan fingerprint density at radius 2 is 2.05 bits per heavy atom. The number of hydrogen-bond donors (Lipinski definition) is 1. The van der Waals surface area contributed by atoms with Gasteiger partial charge in [0.05, 0.1) is 5.56 Å². The third-order valence-electron chi connectivity index (χ3n) is 2.62. The van der Waals surface area contributed by atoms with Gasteiger partial charge in [-0.05, 0) is 39.0 Å². The van der Waals surface area contributed by atoms with Crippen LogP contribution < -0.4 is 5.32 Å². The number of benzene rings is 1. The Morgan fingerprint density at radius 1 is 1.30 bits per heavy atom. The van der Waals surface area contributed by atoms with Crippen molar-refractivity contribution in [3.63, 3.8) is 0 Å². The SMILES string of the molecule is CC(C)(C)NCCc1nnc(-c2ccc(Br)cc2F)o1. The Bertz CT molecular complexity index is 592. The Balaban J connectivity index is 2.05. The first kappa shape index (κ1) is 15.1. The van der Waals surface area contributed by atoms with Crippen LogP contribution in [0.3, 0.4) is 0 Å². The number of hydrogen-bond acceptors (Lipinski definition) is 4. The van der Waals surface area contributed by atoms with Crippen LogP contribution in [0, 0.1) is 5.82 Å². The molecule has 0 spiro atoms. The lowest BCUT2D eigenvalue weighted by Crippen LogP contribution is -2.37. The molecule has 1 aromatic carbocycles. The van der Waals surface area contributed by atoms with Gasteiger partial charge >= 0.3 is 0 Å². The van der Waals surface area contributed by atoms with Gasteiger partial charge in [-0.2, -0.15) is 0 Å². The Labute approximate surface area is 125 Å². The van der Waals surface area contributed by atoms with E-state index in [0.29, 0.717) is 22.3 Å². The van der Waals surface area contributed by atoms with E-state index in [-0.39, 0.29) is 17.2 Å². The van der Waals surface area contributed by atoms with Crippen molar-refractivity contribution in [2.24, 2.45) is 0 Å². The van der Waals surface area contributed by atoms with Crippen molar-refractivity contribution in [3.05, 3.63) is 34.4 Å². The Kier molecular flexibility index (Phi) is 4.55. The van der Waals surface area contributed by atoms with Gasteiger partial charge in [-0.25, -0.2) is 4.39 Å². The minimum absolute atomic E-state index is 0.0423. The largest absolute Gasteiger partial charge is 0.421 e. The van der Waals surface area contributed by atoms with Crippen LogP contribution in [0.1, 0.15) is 26.7 Å². The summed E-state index contributed by atoms with van der Waals surface area (Å²) in [6.07, 6.45) is 0.614. The lowest BCUT2D eigenvalue weighted by molar-refractivity contribution is 0.411. The molecule has 1 heterocycles. The van der Waals surface area contributed by atoms with E-state index in [1.807, 2.05) is 0 Å². The predicted octanol–water partition coefficient (Wildman–Crippen LogP) is 3.57. The van der Waals surface area contributed by atoms with Crippen LogP contribution in [-0.2, 0) is 6.42 Å². The highest BCUT2D eigenvalue weighted by Gasteiger charge is 2.14. The summed E-state index contributed by atoms with van der Waals surface area (Å²) in [6, 6.07) is 4.73. The summed E-state index contributed by atoms with van der Waals surface area (Å²) >= 11 is 3.21. The molecule has 0 aliphatic heterocycles. The molecule has 0 amide bonds. The molecule has 0 aliphatic carbocycles. The highest BCUT2D eigenvalue weighted by atomic mass is 79.9. The van der Waals surface area contributed by atoms with Crippen molar-refractivity contribution >= 4 is 15.9 Å². The van der Waals surface area contributed by atoms with Crippen LogP contribution in [-0.4, -0.2) is 22.3 Å². The fraction of sp³-hybridized carbons (Fsp3) is 0.429. The molecule has 0 aliphatic rings. The zero-order chi connectivity index (χ0) is 14.8. The van der Waals surface area contributed by atoms with E-state index >= 15 is 0 Å². The Morgan fingerprint density at radius 3 is 2.70 bits per heavy atom. The van der Waals surface area contributed by atoms with E-state index in [0.717, 1.165) is 6.54 Å². The third kappa shape index (κ3) is 4.11. The number of nitrogens with one attached hydrogen (secondary N) is 1. The van der Waals surface area contributed by atoms with Gasteiger partial charge in [-0.15, -0.1) is 10.2 Å². The van der Waals surface area contributed by atoms with Crippen molar-refractivity contribution in [2.45, 2.75) is 32.7 Å².